The topological polar surface area (TPSA) is 96.8 Å². The van der Waals surface area contributed by atoms with Gasteiger partial charge in [-0.05, 0) is 31.2 Å². The van der Waals surface area contributed by atoms with Gasteiger partial charge >= 0.3 is 11.9 Å². The molecule has 2 N–H and O–H groups in total. The van der Waals surface area contributed by atoms with Gasteiger partial charge in [-0.1, -0.05) is 41.4 Å². The number of aryl methyl sites for hydroxylation is 1. The highest BCUT2D eigenvalue weighted by atomic mass is 35.5. The summed E-state index contributed by atoms with van der Waals surface area (Å²) in [5, 5.41) is 14.9. The van der Waals surface area contributed by atoms with Crippen LogP contribution in [0.25, 0.3) is 21.9 Å². The van der Waals surface area contributed by atoms with Crippen LogP contribution in [-0.2, 0) is 11.3 Å². The number of rotatable bonds is 5. The molecule has 0 aliphatic rings. The Morgan fingerprint density at radius 1 is 1.24 bits per heavy atom. The van der Waals surface area contributed by atoms with Gasteiger partial charge in [0.25, 0.3) is 0 Å². The van der Waals surface area contributed by atoms with E-state index in [0.29, 0.717) is 16.7 Å². The molecule has 0 aliphatic carbocycles. The molecular weight excluding hydrogens is 394 g/mol. The minimum Gasteiger partial charge on any atom is -0.480 e. The molecule has 0 unspecified atom stereocenters. The summed E-state index contributed by atoms with van der Waals surface area (Å²) in [5.41, 5.74) is 5.28. The number of furan rings is 1. The lowest BCUT2D eigenvalue weighted by Crippen LogP contribution is -2.16. The molecule has 0 saturated heterocycles. The van der Waals surface area contributed by atoms with Crippen LogP contribution in [0.2, 0.25) is 5.15 Å². The van der Waals surface area contributed by atoms with Gasteiger partial charge in [-0.15, -0.1) is 0 Å². The summed E-state index contributed by atoms with van der Waals surface area (Å²) < 4.78 is 7.02. The number of halogens is 1. The molecule has 0 fully saturated rings. The van der Waals surface area contributed by atoms with Crippen molar-refractivity contribution in [3.8, 4) is 0 Å². The second kappa shape index (κ2) is 7.44. The first-order valence-corrected chi connectivity index (χ1v) is 9.14. The fourth-order valence-corrected chi connectivity index (χ4v) is 3.50. The normalized spacial score (nSPS) is 11.5. The van der Waals surface area contributed by atoms with Gasteiger partial charge in [-0.25, -0.2) is 5.43 Å². The smallest absolute Gasteiger partial charge is 0.323 e. The molecule has 0 saturated carbocycles. The standard InChI is InChI=1S/C21H16ClN3O4/c1-12-6-7-17-13(8-12)9-18(29-17)21(28)24-23-10-15-14-4-2-3-5-16(14)25(20(15)22)11-19(26)27/h2-10H,11H2,1H3,(H,24,28)(H,26,27)/b23-10+. The van der Waals surface area contributed by atoms with Gasteiger partial charge in [0.2, 0.25) is 0 Å². The number of amides is 1. The number of para-hydroxylation sites is 1. The third kappa shape index (κ3) is 3.60. The number of hydrogen-bond donors (Lipinski definition) is 2. The number of carbonyl (C=O) groups excluding carboxylic acids is 1. The van der Waals surface area contributed by atoms with Gasteiger partial charge in [0.15, 0.2) is 5.76 Å². The molecule has 4 aromatic rings. The van der Waals surface area contributed by atoms with Gasteiger partial charge in [-0.2, -0.15) is 5.10 Å². The number of nitrogens with zero attached hydrogens (tertiary/aromatic N) is 2. The Kier molecular flexibility index (Phi) is 4.82. The number of nitrogens with one attached hydrogen (secondary N) is 1. The summed E-state index contributed by atoms with van der Waals surface area (Å²) >= 11 is 6.37. The van der Waals surface area contributed by atoms with Crippen molar-refractivity contribution in [3.63, 3.8) is 0 Å². The molecule has 0 radical (unpaired) electrons. The first-order valence-electron chi connectivity index (χ1n) is 8.76. The SMILES string of the molecule is Cc1ccc2oc(C(=O)N/N=C/c3c(Cl)n(CC(=O)O)c4ccccc34)cc2c1. The van der Waals surface area contributed by atoms with Crippen molar-refractivity contribution < 1.29 is 19.1 Å². The Balaban J connectivity index is 1.60. The number of benzene rings is 2. The summed E-state index contributed by atoms with van der Waals surface area (Å²) in [6.07, 6.45) is 1.40. The van der Waals surface area contributed by atoms with E-state index in [4.69, 9.17) is 21.1 Å². The van der Waals surface area contributed by atoms with E-state index in [1.54, 1.807) is 18.2 Å². The predicted octanol–water partition coefficient (Wildman–Crippen LogP) is 4.20. The van der Waals surface area contributed by atoms with Crippen LogP contribution < -0.4 is 5.43 Å². The van der Waals surface area contributed by atoms with Crippen molar-refractivity contribution in [2.24, 2.45) is 5.10 Å². The summed E-state index contributed by atoms with van der Waals surface area (Å²) in [7, 11) is 0. The van der Waals surface area contributed by atoms with Gasteiger partial charge in [0.1, 0.15) is 17.3 Å². The van der Waals surface area contributed by atoms with E-state index in [0.717, 1.165) is 16.3 Å². The second-order valence-electron chi connectivity index (χ2n) is 6.55. The Labute approximate surface area is 170 Å². The molecule has 0 atom stereocenters. The molecule has 4 rings (SSSR count). The van der Waals surface area contributed by atoms with Crippen molar-refractivity contribution in [2.45, 2.75) is 13.5 Å². The average molecular weight is 410 g/mol. The van der Waals surface area contributed by atoms with Gasteiger partial charge in [0, 0.05) is 16.3 Å². The Morgan fingerprint density at radius 3 is 2.83 bits per heavy atom. The van der Waals surface area contributed by atoms with Crippen LogP contribution >= 0.6 is 11.6 Å². The molecule has 29 heavy (non-hydrogen) atoms. The van der Waals surface area contributed by atoms with Crippen LogP contribution in [0.4, 0.5) is 0 Å². The predicted molar refractivity (Wildman–Crippen MR) is 111 cm³/mol. The van der Waals surface area contributed by atoms with Crippen LogP contribution in [0.3, 0.4) is 0 Å². The quantitative estimate of drug-likeness (QED) is 0.381. The van der Waals surface area contributed by atoms with E-state index >= 15 is 0 Å². The Bertz CT molecular complexity index is 1290. The van der Waals surface area contributed by atoms with Gasteiger partial charge < -0.3 is 14.1 Å². The number of hydrogen-bond acceptors (Lipinski definition) is 4. The van der Waals surface area contributed by atoms with E-state index in [9.17, 15) is 9.59 Å². The molecule has 7 nitrogen and oxygen atoms in total. The Hall–Kier alpha value is -3.58. The van der Waals surface area contributed by atoms with Crippen molar-refractivity contribution in [3.05, 3.63) is 70.6 Å². The molecule has 2 heterocycles. The van der Waals surface area contributed by atoms with Crippen molar-refractivity contribution in [1.82, 2.24) is 9.99 Å². The third-order valence-electron chi connectivity index (χ3n) is 4.49. The molecule has 2 aromatic carbocycles. The lowest BCUT2D eigenvalue weighted by molar-refractivity contribution is -0.137. The maximum atomic E-state index is 12.4. The van der Waals surface area contributed by atoms with Crippen LogP contribution in [-0.4, -0.2) is 27.8 Å². The molecule has 0 spiro atoms. The third-order valence-corrected chi connectivity index (χ3v) is 4.90. The fourth-order valence-electron chi connectivity index (χ4n) is 3.20. The maximum absolute atomic E-state index is 12.4. The fraction of sp³-hybridized carbons (Fsp3) is 0.0952. The highest BCUT2D eigenvalue weighted by Gasteiger charge is 2.16. The number of fused-ring (bicyclic) bond motifs is 2. The van der Waals surface area contributed by atoms with E-state index in [2.05, 4.69) is 10.5 Å². The monoisotopic (exact) mass is 409 g/mol. The molecule has 0 bridgehead atoms. The minimum atomic E-state index is -1.01. The number of carbonyl (C=O) groups is 2. The zero-order valence-corrected chi connectivity index (χ0v) is 16.1. The molecule has 2 aromatic heterocycles. The zero-order chi connectivity index (χ0) is 20.5. The molecular formula is C21H16ClN3O4. The minimum absolute atomic E-state index is 0.141. The Morgan fingerprint density at radius 2 is 2.03 bits per heavy atom. The van der Waals surface area contributed by atoms with Crippen molar-refractivity contribution in [2.75, 3.05) is 0 Å². The first kappa shape index (κ1) is 18.8. The number of carboxylic acids is 1. The highest BCUT2D eigenvalue weighted by molar-refractivity contribution is 6.34. The summed E-state index contributed by atoms with van der Waals surface area (Å²) in [4.78, 5) is 23.5. The van der Waals surface area contributed by atoms with Crippen molar-refractivity contribution >= 4 is 51.6 Å². The summed E-state index contributed by atoms with van der Waals surface area (Å²) in [6, 6.07) is 14.5. The number of aromatic nitrogens is 1. The van der Waals surface area contributed by atoms with E-state index < -0.39 is 11.9 Å². The van der Waals surface area contributed by atoms with E-state index in [1.165, 1.54) is 10.8 Å². The maximum Gasteiger partial charge on any atom is 0.323 e. The number of hydrazone groups is 1. The van der Waals surface area contributed by atoms with Crippen molar-refractivity contribution in [1.29, 1.82) is 0 Å². The van der Waals surface area contributed by atoms with Crippen LogP contribution in [0, 0.1) is 6.92 Å². The van der Waals surface area contributed by atoms with Gasteiger partial charge in [-0.3, -0.25) is 9.59 Å². The first-order chi connectivity index (χ1) is 13.9. The molecule has 0 aliphatic heterocycles. The lowest BCUT2D eigenvalue weighted by atomic mass is 10.2. The van der Waals surface area contributed by atoms with Crippen LogP contribution in [0.15, 0.2) is 58.0 Å². The second-order valence-corrected chi connectivity index (χ2v) is 6.91. The largest absolute Gasteiger partial charge is 0.480 e. The summed E-state index contributed by atoms with van der Waals surface area (Å²) in [5.74, 6) is -1.37. The van der Waals surface area contributed by atoms with Crippen LogP contribution in [0.1, 0.15) is 21.7 Å². The van der Waals surface area contributed by atoms with E-state index in [1.807, 2.05) is 37.3 Å². The van der Waals surface area contributed by atoms with Gasteiger partial charge in [0.05, 0.1) is 11.7 Å². The molecule has 1 amide bonds. The highest BCUT2D eigenvalue weighted by Crippen LogP contribution is 2.28. The summed E-state index contributed by atoms with van der Waals surface area (Å²) in [6.45, 7) is 1.68. The molecule has 8 heteroatoms. The number of carboxylic acid groups (broad SMARTS) is 1. The van der Waals surface area contributed by atoms with E-state index in [-0.39, 0.29) is 17.5 Å². The van der Waals surface area contributed by atoms with Crippen LogP contribution in [0.5, 0.6) is 0 Å². The lowest BCUT2D eigenvalue weighted by Gasteiger charge is -2.02. The zero-order valence-electron chi connectivity index (χ0n) is 15.3. The number of aliphatic carboxylic acids is 1. The molecule has 146 valence electrons. The average Bonchev–Trinajstić information content (AvgIpc) is 3.22.